The highest BCUT2D eigenvalue weighted by Gasteiger charge is 2.23. The van der Waals surface area contributed by atoms with Crippen molar-refractivity contribution >= 4 is 10.3 Å². The number of hydrogen-bond donors (Lipinski definition) is 1. The molecule has 0 saturated heterocycles. The number of nitrogens with zero attached hydrogens (tertiary/aromatic N) is 2. The van der Waals surface area contributed by atoms with Crippen LogP contribution in [0.1, 0.15) is 25.7 Å². The zero-order valence-corrected chi connectivity index (χ0v) is 13.8. The molecule has 2 aromatic rings. The second-order valence-corrected chi connectivity index (χ2v) is 6.94. The molecule has 0 spiro atoms. The van der Waals surface area contributed by atoms with Gasteiger partial charge in [0.2, 0.25) is 0 Å². The Labute approximate surface area is 137 Å². The summed E-state index contributed by atoms with van der Waals surface area (Å²) in [6, 6.07) is 5.61. The quantitative estimate of drug-likeness (QED) is 0.825. The highest BCUT2D eigenvalue weighted by Crippen LogP contribution is 2.20. The van der Waals surface area contributed by atoms with Crippen LogP contribution in [0.2, 0.25) is 0 Å². The summed E-state index contributed by atoms with van der Waals surface area (Å²) in [5.74, 6) is -0.807. The van der Waals surface area contributed by atoms with E-state index in [1.807, 2.05) is 0 Å². The molecular weight excluding hydrogens is 338 g/mol. The number of aromatic nitrogens is 2. The lowest BCUT2D eigenvalue weighted by atomic mass is 10.3. The predicted molar refractivity (Wildman–Crippen MR) is 84.5 cm³/mol. The molecular formula is C14H17N3O6S. The van der Waals surface area contributed by atoms with Crippen molar-refractivity contribution in [1.82, 2.24) is 14.0 Å². The minimum Gasteiger partial charge on any atom is -0.371 e. The molecule has 130 valence electrons. The van der Waals surface area contributed by atoms with Crippen LogP contribution in [0, 0.1) is 0 Å². The van der Waals surface area contributed by atoms with Gasteiger partial charge in [-0.05, 0) is 25.0 Å². The minimum atomic E-state index is -3.97. The second-order valence-electron chi connectivity index (χ2n) is 5.63. The van der Waals surface area contributed by atoms with Crippen LogP contribution < -0.4 is 20.4 Å². The third-order valence-corrected chi connectivity index (χ3v) is 4.86. The van der Waals surface area contributed by atoms with Crippen molar-refractivity contribution in [3.8, 4) is 11.4 Å². The molecule has 3 rings (SSSR count). The lowest BCUT2D eigenvalue weighted by molar-refractivity contribution is 0.312. The largest absolute Gasteiger partial charge is 0.442 e. The molecule has 10 heteroatoms. The van der Waals surface area contributed by atoms with E-state index in [0.29, 0.717) is 0 Å². The van der Waals surface area contributed by atoms with Gasteiger partial charge in [-0.3, -0.25) is 0 Å². The van der Waals surface area contributed by atoms with Gasteiger partial charge < -0.3 is 8.71 Å². The Morgan fingerprint density at radius 2 is 1.96 bits per heavy atom. The molecule has 1 saturated carbocycles. The fourth-order valence-electron chi connectivity index (χ4n) is 2.62. The molecule has 1 aliphatic carbocycles. The number of rotatable bonds is 5. The van der Waals surface area contributed by atoms with Crippen LogP contribution in [-0.4, -0.2) is 23.8 Å². The molecule has 24 heavy (non-hydrogen) atoms. The van der Waals surface area contributed by atoms with Crippen LogP contribution in [-0.2, 0) is 17.4 Å². The first kappa shape index (κ1) is 16.5. The maximum absolute atomic E-state index is 12.0. The van der Waals surface area contributed by atoms with Gasteiger partial charge in [0.05, 0.1) is 5.69 Å². The number of hydrogen-bond acceptors (Lipinski definition) is 6. The maximum atomic E-state index is 12.0. The Bertz CT molecular complexity index is 949. The Hall–Kier alpha value is -2.33. The van der Waals surface area contributed by atoms with Crippen LogP contribution in [0.3, 0.4) is 0 Å². The highest BCUT2D eigenvalue weighted by atomic mass is 32.2. The van der Waals surface area contributed by atoms with Gasteiger partial charge in [0.15, 0.2) is 0 Å². The van der Waals surface area contributed by atoms with E-state index in [4.69, 9.17) is 8.71 Å². The van der Waals surface area contributed by atoms with Gasteiger partial charge >= 0.3 is 21.7 Å². The summed E-state index contributed by atoms with van der Waals surface area (Å²) in [6.45, 7) is 0. The molecule has 1 aliphatic rings. The molecule has 1 heterocycles. The van der Waals surface area contributed by atoms with E-state index in [0.717, 1.165) is 35.0 Å². The monoisotopic (exact) mass is 355 g/mol. The van der Waals surface area contributed by atoms with E-state index in [1.165, 1.54) is 31.3 Å². The van der Waals surface area contributed by atoms with Crippen molar-refractivity contribution in [1.29, 1.82) is 0 Å². The zero-order valence-electron chi connectivity index (χ0n) is 13.0. The van der Waals surface area contributed by atoms with Crippen LogP contribution >= 0.6 is 0 Å². The van der Waals surface area contributed by atoms with Gasteiger partial charge in [-0.25, -0.2) is 14.2 Å². The summed E-state index contributed by atoms with van der Waals surface area (Å²) >= 11 is 0. The summed E-state index contributed by atoms with van der Waals surface area (Å²) in [7, 11) is -2.69. The lowest BCUT2D eigenvalue weighted by Gasteiger charge is -2.13. The molecule has 1 fully saturated rings. The van der Waals surface area contributed by atoms with Crippen LogP contribution in [0.25, 0.3) is 5.69 Å². The smallest absolute Gasteiger partial charge is 0.371 e. The average molecular weight is 355 g/mol. The summed E-state index contributed by atoms with van der Waals surface area (Å²) in [5.41, 5.74) is -0.490. The number of nitrogens with one attached hydrogen (secondary N) is 1. The summed E-state index contributed by atoms with van der Waals surface area (Å²) in [4.78, 5) is 23.3. The maximum Gasteiger partial charge on any atom is 0.442 e. The van der Waals surface area contributed by atoms with Gasteiger partial charge in [-0.2, -0.15) is 13.1 Å². The predicted octanol–water partition coefficient (Wildman–Crippen LogP) is 0.285. The topological polar surface area (TPSA) is 113 Å². The molecule has 0 aliphatic heterocycles. The van der Waals surface area contributed by atoms with Gasteiger partial charge in [0.1, 0.15) is 5.75 Å². The lowest BCUT2D eigenvalue weighted by Crippen LogP contribution is -2.35. The van der Waals surface area contributed by atoms with E-state index in [1.54, 1.807) is 0 Å². The van der Waals surface area contributed by atoms with E-state index in [-0.39, 0.29) is 17.5 Å². The van der Waals surface area contributed by atoms with Crippen LogP contribution in [0.15, 0.2) is 38.4 Å². The first-order valence-corrected chi connectivity index (χ1v) is 8.88. The molecule has 1 aromatic heterocycles. The van der Waals surface area contributed by atoms with Gasteiger partial charge in [-0.1, -0.05) is 18.9 Å². The normalized spacial score (nSPS) is 15.7. The fraction of sp³-hybridized carbons (Fsp3) is 0.429. The standard InChI is InChI=1S/C14H17N3O6S/c1-16-13(18)17(22-14(16)19)11-7-4-8-12(9-11)23-24(20,21)15-10-5-2-3-6-10/h4,7-10,15H,2-3,5-6H2,1H3. The summed E-state index contributed by atoms with van der Waals surface area (Å²) in [5, 5.41) is 0. The molecule has 1 N–H and O–H groups in total. The Morgan fingerprint density at radius 1 is 1.25 bits per heavy atom. The van der Waals surface area contributed by atoms with Crippen LogP contribution in [0.4, 0.5) is 0 Å². The molecule has 1 aromatic carbocycles. The Balaban J connectivity index is 1.84. The Morgan fingerprint density at radius 3 is 2.58 bits per heavy atom. The molecule has 0 radical (unpaired) electrons. The summed E-state index contributed by atoms with van der Waals surface area (Å²) in [6.07, 6.45) is 3.54. The highest BCUT2D eigenvalue weighted by molar-refractivity contribution is 7.85. The van der Waals surface area contributed by atoms with Gasteiger partial charge in [-0.15, -0.1) is 4.74 Å². The number of benzene rings is 1. The van der Waals surface area contributed by atoms with Crippen molar-refractivity contribution in [2.75, 3.05) is 0 Å². The average Bonchev–Trinajstić information content (AvgIpc) is 3.10. The SMILES string of the molecule is Cn1c(=O)on(-c2cccc(OS(=O)(=O)NC3CCCC3)c2)c1=O. The zero-order chi connectivity index (χ0) is 17.3. The molecule has 0 unspecified atom stereocenters. The third kappa shape index (κ3) is 3.44. The van der Waals surface area contributed by atoms with E-state index >= 15 is 0 Å². The Kier molecular flexibility index (Phi) is 4.33. The van der Waals surface area contributed by atoms with Crippen molar-refractivity contribution in [3.05, 3.63) is 45.3 Å². The van der Waals surface area contributed by atoms with E-state index in [2.05, 4.69) is 4.72 Å². The molecule has 0 atom stereocenters. The minimum absolute atomic E-state index is 0.0106. The summed E-state index contributed by atoms with van der Waals surface area (Å²) < 4.78 is 38.0. The van der Waals surface area contributed by atoms with E-state index in [9.17, 15) is 18.0 Å². The second kappa shape index (κ2) is 6.29. The van der Waals surface area contributed by atoms with Gasteiger partial charge in [0, 0.05) is 19.2 Å². The van der Waals surface area contributed by atoms with E-state index < -0.39 is 21.7 Å². The molecule has 0 bridgehead atoms. The first-order chi connectivity index (χ1) is 11.4. The van der Waals surface area contributed by atoms with Crippen molar-refractivity contribution in [2.45, 2.75) is 31.7 Å². The fourth-order valence-corrected chi connectivity index (χ4v) is 3.67. The van der Waals surface area contributed by atoms with Crippen LogP contribution in [0.5, 0.6) is 5.75 Å². The van der Waals surface area contributed by atoms with Crippen molar-refractivity contribution in [3.63, 3.8) is 0 Å². The molecule has 9 nitrogen and oxygen atoms in total. The third-order valence-electron chi connectivity index (χ3n) is 3.83. The molecule has 0 amide bonds. The van der Waals surface area contributed by atoms with Gasteiger partial charge in [0.25, 0.3) is 0 Å². The van der Waals surface area contributed by atoms with Crippen molar-refractivity contribution < 1.29 is 17.1 Å². The first-order valence-electron chi connectivity index (χ1n) is 7.47. The van der Waals surface area contributed by atoms with Crippen molar-refractivity contribution in [2.24, 2.45) is 7.05 Å².